The first-order chi connectivity index (χ1) is 5.27. The summed E-state index contributed by atoms with van der Waals surface area (Å²) in [5, 5.41) is 7.31. The van der Waals surface area contributed by atoms with Gasteiger partial charge in [-0.05, 0) is 19.3 Å². The van der Waals surface area contributed by atoms with E-state index in [-0.39, 0.29) is 11.8 Å². The van der Waals surface area contributed by atoms with E-state index >= 15 is 0 Å². The Labute approximate surface area is 65.3 Å². The van der Waals surface area contributed by atoms with Gasteiger partial charge in [0.2, 0.25) is 0 Å². The van der Waals surface area contributed by atoms with Gasteiger partial charge in [-0.15, -0.1) is 0 Å². The zero-order valence-electron chi connectivity index (χ0n) is 6.25. The molecule has 0 bridgehead atoms. The highest BCUT2D eigenvalue weighted by Crippen LogP contribution is 2.24. The Morgan fingerprint density at radius 2 is 1.91 bits per heavy atom. The van der Waals surface area contributed by atoms with Crippen LogP contribution in [0.5, 0.6) is 0 Å². The Bertz CT molecular complexity index is 189. The van der Waals surface area contributed by atoms with E-state index < -0.39 is 0 Å². The van der Waals surface area contributed by atoms with E-state index in [1.165, 1.54) is 0 Å². The fourth-order valence-corrected chi connectivity index (χ4v) is 1.41. The molecule has 2 unspecified atom stereocenters. The third-order valence-corrected chi connectivity index (χ3v) is 2.16. The van der Waals surface area contributed by atoms with Gasteiger partial charge < -0.3 is 15.0 Å². The van der Waals surface area contributed by atoms with Crippen molar-refractivity contribution in [1.29, 1.82) is 5.41 Å². The van der Waals surface area contributed by atoms with Crippen LogP contribution in [0.25, 0.3) is 0 Å². The molecule has 11 heavy (non-hydrogen) atoms. The molecule has 0 aromatic rings. The number of hydrogen-bond acceptors (Lipinski definition) is 3. The van der Waals surface area contributed by atoms with Gasteiger partial charge in [-0.1, -0.05) is 0 Å². The van der Waals surface area contributed by atoms with Crippen LogP contribution in [0, 0.1) is 17.2 Å². The zero-order chi connectivity index (χ0) is 8.27. The molecule has 60 valence electrons. The number of rotatable bonds is 2. The first kappa shape index (κ1) is 8.11. The van der Waals surface area contributed by atoms with Crippen LogP contribution in [0.4, 0.5) is 0 Å². The third kappa shape index (κ3) is 1.73. The highest BCUT2D eigenvalue weighted by Gasteiger charge is 2.26. The summed E-state index contributed by atoms with van der Waals surface area (Å²) in [4.78, 5) is 20.8. The minimum absolute atomic E-state index is 0.137. The van der Waals surface area contributed by atoms with Gasteiger partial charge in [0.1, 0.15) is 12.6 Å². The van der Waals surface area contributed by atoms with Crippen molar-refractivity contribution in [2.45, 2.75) is 19.3 Å². The second-order valence-corrected chi connectivity index (χ2v) is 2.95. The second-order valence-electron chi connectivity index (χ2n) is 2.95. The molecule has 3 nitrogen and oxygen atoms in total. The standard InChI is InChI=1S/C8H11NO2/c9-8-2-1-6(4-10)7(3-8)5-11/h4-7,9H,1-3H2. The number of nitrogens with one attached hydrogen (secondary N) is 1. The van der Waals surface area contributed by atoms with Crippen LogP contribution in [0.3, 0.4) is 0 Å². The Morgan fingerprint density at radius 3 is 2.45 bits per heavy atom. The summed E-state index contributed by atoms with van der Waals surface area (Å²) in [6.45, 7) is 0. The van der Waals surface area contributed by atoms with Crippen LogP contribution < -0.4 is 0 Å². The van der Waals surface area contributed by atoms with E-state index in [0.717, 1.165) is 12.6 Å². The molecule has 0 aromatic heterocycles. The molecule has 0 radical (unpaired) electrons. The quantitative estimate of drug-likeness (QED) is 0.597. The van der Waals surface area contributed by atoms with Crippen molar-refractivity contribution in [1.82, 2.24) is 0 Å². The summed E-state index contributed by atoms with van der Waals surface area (Å²) in [6, 6.07) is 0. The maximum atomic E-state index is 10.4. The van der Waals surface area contributed by atoms with Crippen LogP contribution in [0.15, 0.2) is 0 Å². The van der Waals surface area contributed by atoms with Gasteiger partial charge in [0, 0.05) is 17.5 Å². The van der Waals surface area contributed by atoms with Crippen LogP contribution >= 0.6 is 0 Å². The lowest BCUT2D eigenvalue weighted by Crippen LogP contribution is -2.26. The fourth-order valence-electron chi connectivity index (χ4n) is 1.41. The fraction of sp³-hybridized carbons (Fsp3) is 0.625. The molecule has 0 spiro atoms. The molecular weight excluding hydrogens is 142 g/mol. The van der Waals surface area contributed by atoms with E-state index in [1.807, 2.05) is 0 Å². The van der Waals surface area contributed by atoms with Crippen molar-refractivity contribution >= 4 is 18.3 Å². The van der Waals surface area contributed by atoms with Gasteiger partial charge in [-0.2, -0.15) is 0 Å². The van der Waals surface area contributed by atoms with Crippen molar-refractivity contribution in [2.75, 3.05) is 0 Å². The Morgan fingerprint density at radius 1 is 1.27 bits per heavy atom. The van der Waals surface area contributed by atoms with Gasteiger partial charge >= 0.3 is 0 Å². The van der Waals surface area contributed by atoms with Crippen LogP contribution in [-0.2, 0) is 9.59 Å². The lowest BCUT2D eigenvalue weighted by Gasteiger charge is -2.23. The van der Waals surface area contributed by atoms with Gasteiger partial charge in [0.05, 0.1) is 0 Å². The minimum atomic E-state index is -0.228. The Hall–Kier alpha value is -0.990. The third-order valence-electron chi connectivity index (χ3n) is 2.16. The summed E-state index contributed by atoms with van der Waals surface area (Å²) >= 11 is 0. The van der Waals surface area contributed by atoms with E-state index in [0.29, 0.717) is 25.0 Å². The summed E-state index contributed by atoms with van der Waals surface area (Å²) < 4.78 is 0. The number of carbonyl (C=O) groups excluding carboxylic acids is 2. The molecule has 1 saturated carbocycles. The van der Waals surface area contributed by atoms with E-state index in [1.54, 1.807) is 0 Å². The molecule has 0 aromatic carbocycles. The minimum Gasteiger partial charge on any atom is -0.310 e. The van der Waals surface area contributed by atoms with E-state index in [2.05, 4.69) is 0 Å². The first-order valence-corrected chi connectivity index (χ1v) is 3.75. The average Bonchev–Trinajstić information content (AvgIpc) is 2.04. The summed E-state index contributed by atoms with van der Waals surface area (Å²) in [5.41, 5.74) is 0.597. The molecule has 0 amide bonds. The predicted molar refractivity (Wildman–Crippen MR) is 40.7 cm³/mol. The average molecular weight is 153 g/mol. The molecule has 0 heterocycles. The predicted octanol–water partition coefficient (Wildman–Crippen LogP) is 0.820. The van der Waals surface area contributed by atoms with Gasteiger partial charge in [-0.3, -0.25) is 0 Å². The molecule has 0 saturated heterocycles. The second kappa shape index (κ2) is 3.42. The number of hydrogen-bond donors (Lipinski definition) is 1. The monoisotopic (exact) mass is 153 g/mol. The van der Waals surface area contributed by atoms with Crippen molar-refractivity contribution in [3.63, 3.8) is 0 Å². The van der Waals surface area contributed by atoms with Crippen molar-refractivity contribution < 1.29 is 9.59 Å². The van der Waals surface area contributed by atoms with Crippen LogP contribution in [0.1, 0.15) is 19.3 Å². The molecule has 2 atom stereocenters. The Kier molecular flexibility index (Phi) is 2.52. The van der Waals surface area contributed by atoms with Crippen LogP contribution in [-0.4, -0.2) is 18.3 Å². The molecule has 1 rings (SSSR count). The highest BCUT2D eigenvalue weighted by atomic mass is 16.1. The van der Waals surface area contributed by atoms with Gasteiger partial charge in [0.15, 0.2) is 0 Å². The molecule has 0 aliphatic heterocycles. The maximum Gasteiger partial charge on any atom is 0.124 e. The van der Waals surface area contributed by atoms with E-state index in [9.17, 15) is 9.59 Å². The van der Waals surface area contributed by atoms with Gasteiger partial charge in [-0.25, -0.2) is 0 Å². The molecule has 1 fully saturated rings. The molecule has 3 heteroatoms. The number of carbonyl (C=O) groups is 2. The topological polar surface area (TPSA) is 58.0 Å². The maximum absolute atomic E-state index is 10.4. The highest BCUT2D eigenvalue weighted by molar-refractivity contribution is 5.86. The van der Waals surface area contributed by atoms with Crippen molar-refractivity contribution in [3.8, 4) is 0 Å². The Balaban J connectivity index is 2.61. The summed E-state index contributed by atoms with van der Waals surface area (Å²) in [6.07, 6.45) is 3.46. The smallest absolute Gasteiger partial charge is 0.124 e. The lowest BCUT2D eigenvalue weighted by molar-refractivity contribution is -0.119. The molecule has 1 aliphatic carbocycles. The largest absolute Gasteiger partial charge is 0.310 e. The normalized spacial score (nSPS) is 31.5. The first-order valence-electron chi connectivity index (χ1n) is 3.75. The molecule has 1 aliphatic rings. The molecule has 1 N–H and O–H groups in total. The van der Waals surface area contributed by atoms with E-state index in [4.69, 9.17) is 5.41 Å². The zero-order valence-corrected chi connectivity index (χ0v) is 6.25. The molecular formula is C8H11NO2. The van der Waals surface area contributed by atoms with Crippen LogP contribution in [0.2, 0.25) is 0 Å². The summed E-state index contributed by atoms with van der Waals surface area (Å²) in [5.74, 6) is -0.365. The SMILES string of the molecule is N=C1CCC(C=O)C(C=O)C1. The van der Waals surface area contributed by atoms with Gasteiger partial charge in [0.25, 0.3) is 0 Å². The van der Waals surface area contributed by atoms with Crippen molar-refractivity contribution in [3.05, 3.63) is 0 Å². The lowest BCUT2D eigenvalue weighted by atomic mass is 9.80. The number of aldehydes is 2. The van der Waals surface area contributed by atoms with Crippen molar-refractivity contribution in [2.24, 2.45) is 11.8 Å². The summed E-state index contributed by atoms with van der Waals surface area (Å²) in [7, 11) is 0.